The van der Waals surface area contributed by atoms with Crippen LogP contribution >= 0.6 is 0 Å². The van der Waals surface area contributed by atoms with Gasteiger partial charge in [0.1, 0.15) is 0 Å². The Bertz CT molecular complexity index is 13.5. The second-order valence-electron chi connectivity index (χ2n) is 0.0745. The van der Waals surface area contributed by atoms with Crippen LogP contribution in [0.1, 0.15) is 0 Å². The first-order chi connectivity index (χ1) is 1.41. The smallest absolute Gasteiger partial charge is 0 e. The Morgan fingerprint density at radius 2 is 1.75 bits per heavy atom. The molecule has 0 aliphatic heterocycles. The zero-order chi connectivity index (χ0) is 2.71. The molecule has 26 valence electrons. The fourth-order valence-corrected chi connectivity index (χ4v) is 0. The van der Waals surface area contributed by atoms with Gasteiger partial charge >= 0.3 is 0 Å². The van der Waals surface area contributed by atoms with Gasteiger partial charge in [-0.2, -0.15) is 0 Å². The van der Waals surface area contributed by atoms with Crippen molar-refractivity contribution in [3.63, 3.8) is 0 Å². The summed E-state index contributed by atoms with van der Waals surface area (Å²) in [6.07, 6.45) is 0. The van der Waals surface area contributed by atoms with E-state index in [1.807, 2.05) is 0 Å². The molecule has 0 unspecified atom stereocenters. The predicted molar refractivity (Wildman–Crippen MR) is 9.16 cm³/mol. The fraction of sp³-hybridized carbons (Fsp3) is 0. The first kappa shape index (κ1) is 8.98. The van der Waals surface area contributed by atoms with Crippen LogP contribution in [0.25, 0.3) is 0 Å². The van der Waals surface area contributed by atoms with Crippen LogP contribution in [0.5, 0.6) is 0 Å². The molecule has 0 fully saturated rings. The fourth-order valence-electron chi connectivity index (χ4n) is 0. The van der Waals surface area contributed by atoms with Gasteiger partial charge in [0.25, 0.3) is 0 Å². The van der Waals surface area contributed by atoms with Crippen molar-refractivity contribution >= 4 is 0 Å². The molecule has 0 aliphatic rings. The molecule has 0 rings (SSSR count). The van der Waals surface area contributed by atoms with E-state index in [-0.39, 0.29) is 19.5 Å². The van der Waals surface area contributed by atoms with Gasteiger partial charge in [-0.15, -0.1) is 5.34 Å². The maximum absolute atomic E-state index is 8.00. The molecule has 0 heterocycles. The zero-order valence-corrected chi connectivity index (χ0v) is 3.36. The molecule has 0 radical (unpaired) electrons. The Hall–Kier alpha value is 0.0234. The first-order valence-corrected chi connectivity index (χ1v) is 0.365. The molecule has 0 aromatic heterocycles. The van der Waals surface area contributed by atoms with E-state index in [0.29, 0.717) is 0 Å². The monoisotopic (exact) mass is 148 g/mol. The standard InChI is InChI=1S/HNO2.Ru/c2-1-3;/h(H,2,3);/p-1. The Morgan fingerprint density at radius 1 is 1.75 bits per heavy atom. The van der Waals surface area contributed by atoms with Gasteiger partial charge in [-0.05, 0) is 0 Å². The van der Waals surface area contributed by atoms with Gasteiger partial charge in [-0.25, -0.2) is 0 Å². The second kappa shape index (κ2) is 11.8. The molecule has 3 nitrogen and oxygen atoms in total. The maximum atomic E-state index is 8.00. The Morgan fingerprint density at radius 3 is 1.75 bits per heavy atom. The van der Waals surface area contributed by atoms with E-state index in [1.165, 1.54) is 0 Å². The number of hydrogen-bond donors (Lipinski definition) is 0. The van der Waals surface area contributed by atoms with Crippen molar-refractivity contribution in [2.45, 2.75) is 0 Å². The van der Waals surface area contributed by atoms with Gasteiger partial charge in [0.05, 0.1) is 0 Å². The third kappa shape index (κ3) is 3880. The number of nitrogens with zero attached hydrogens (tertiary/aromatic N) is 1. The molecule has 0 bridgehead atoms. The molecule has 0 saturated carbocycles. The molecule has 0 atom stereocenters. The van der Waals surface area contributed by atoms with E-state index in [1.54, 1.807) is 0 Å². The third-order valence-corrected chi connectivity index (χ3v) is 0. The van der Waals surface area contributed by atoms with Crippen molar-refractivity contribution in [2.24, 2.45) is 5.34 Å². The molecule has 0 saturated heterocycles. The quantitative estimate of drug-likeness (QED) is 0.280. The van der Waals surface area contributed by atoms with Crippen LogP contribution in [0.15, 0.2) is 5.34 Å². The van der Waals surface area contributed by atoms with Gasteiger partial charge in [-0.1, -0.05) is 0 Å². The summed E-state index contributed by atoms with van der Waals surface area (Å²) >= 11 is 0. The van der Waals surface area contributed by atoms with Crippen molar-refractivity contribution in [1.82, 2.24) is 0 Å². The minimum absolute atomic E-state index is 0. The summed E-state index contributed by atoms with van der Waals surface area (Å²) in [5.74, 6) is 0. The molecule has 0 aromatic rings. The molecular formula is NO2Ru-. The van der Waals surface area contributed by atoms with Gasteiger partial charge in [0.2, 0.25) is 0 Å². The van der Waals surface area contributed by atoms with Crippen LogP contribution in [-0.2, 0) is 19.5 Å². The molecular weight excluding hydrogens is 147 g/mol. The summed E-state index contributed by atoms with van der Waals surface area (Å²) in [6.45, 7) is 0. The van der Waals surface area contributed by atoms with E-state index < -0.39 is 0 Å². The summed E-state index contributed by atoms with van der Waals surface area (Å²) in [7, 11) is 0. The molecule has 4 heteroatoms. The molecule has 0 spiro atoms. The van der Waals surface area contributed by atoms with Crippen molar-refractivity contribution in [3.05, 3.63) is 10.1 Å². The summed E-state index contributed by atoms with van der Waals surface area (Å²) in [5, 5.41) is 9.00. The van der Waals surface area contributed by atoms with E-state index >= 15 is 0 Å². The van der Waals surface area contributed by atoms with E-state index in [0.717, 1.165) is 5.34 Å². The Kier molecular flexibility index (Phi) is 26.5. The maximum Gasteiger partial charge on any atom is 0 e. The van der Waals surface area contributed by atoms with Crippen LogP contribution in [-0.4, -0.2) is 0 Å². The minimum atomic E-state index is 0. The summed E-state index contributed by atoms with van der Waals surface area (Å²) in [4.78, 5) is 8.00. The summed E-state index contributed by atoms with van der Waals surface area (Å²) in [5.41, 5.74) is 0. The topological polar surface area (TPSA) is 52.5 Å². The van der Waals surface area contributed by atoms with Crippen LogP contribution in [0.3, 0.4) is 0 Å². The SMILES string of the molecule is O=N[O-].[Ru]. The summed E-state index contributed by atoms with van der Waals surface area (Å²) in [6, 6.07) is 0. The number of rotatable bonds is 0. The Labute approximate surface area is 35.7 Å². The largest absolute Gasteiger partial charge is 0.444 e. The average Bonchev–Trinajstić information content (AvgIpc) is 0.918. The van der Waals surface area contributed by atoms with Crippen molar-refractivity contribution in [1.29, 1.82) is 0 Å². The zero-order valence-electron chi connectivity index (χ0n) is 1.62. The molecule has 0 aliphatic carbocycles. The predicted octanol–water partition coefficient (Wildman–Crippen LogP) is 0.248. The third-order valence-electron chi connectivity index (χ3n) is 0. The van der Waals surface area contributed by atoms with Gasteiger partial charge in [0, 0.05) is 19.5 Å². The average molecular weight is 147 g/mol. The van der Waals surface area contributed by atoms with Crippen molar-refractivity contribution < 1.29 is 19.5 Å². The van der Waals surface area contributed by atoms with Crippen molar-refractivity contribution in [2.75, 3.05) is 0 Å². The molecule has 0 amide bonds. The van der Waals surface area contributed by atoms with Gasteiger partial charge in [0.15, 0.2) is 0 Å². The van der Waals surface area contributed by atoms with Crippen LogP contribution in [0.4, 0.5) is 0 Å². The van der Waals surface area contributed by atoms with E-state index in [4.69, 9.17) is 10.1 Å². The molecule has 4 heavy (non-hydrogen) atoms. The normalized spacial score (nSPS) is 3.00. The second-order valence-corrected chi connectivity index (χ2v) is 0.0745. The molecule has 0 N–H and O–H groups in total. The molecule has 0 aromatic carbocycles. The number of hydrogen-bond acceptors (Lipinski definition) is 3. The van der Waals surface area contributed by atoms with Gasteiger partial charge < -0.3 is 10.1 Å². The van der Waals surface area contributed by atoms with E-state index in [2.05, 4.69) is 0 Å². The Balaban J connectivity index is 0. The van der Waals surface area contributed by atoms with E-state index in [9.17, 15) is 0 Å². The van der Waals surface area contributed by atoms with Crippen molar-refractivity contribution in [3.8, 4) is 0 Å². The van der Waals surface area contributed by atoms with Crippen LogP contribution in [0, 0.1) is 10.1 Å². The minimum Gasteiger partial charge on any atom is -0.444 e. The van der Waals surface area contributed by atoms with Crippen LogP contribution < -0.4 is 0 Å². The van der Waals surface area contributed by atoms with Gasteiger partial charge in [-0.3, -0.25) is 0 Å². The van der Waals surface area contributed by atoms with Crippen LogP contribution in [0.2, 0.25) is 0 Å². The first-order valence-electron chi connectivity index (χ1n) is 0.365. The summed E-state index contributed by atoms with van der Waals surface area (Å²) < 4.78 is 0.